The highest BCUT2D eigenvalue weighted by molar-refractivity contribution is 5.57. The fraction of sp³-hybridized carbons (Fsp3) is 0.368. The molecule has 0 saturated carbocycles. The van der Waals surface area contributed by atoms with Crippen LogP contribution in [0.3, 0.4) is 0 Å². The van der Waals surface area contributed by atoms with Gasteiger partial charge in [0.2, 0.25) is 6.29 Å². The Kier molecular flexibility index (Phi) is 6.15. The van der Waals surface area contributed by atoms with Gasteiger partial charge in [0.15, 0.2) is 0 Å². The van der Waals surface area contributed by atoms with Crippen molar-refractivity contribution in [3.05, 3.63) is 48.0 Å². The minimum absolute atomic E-state index is 0.366. The lowest BCUT2D eigenvalue weighted by Gasteiger charge is -2.22. The molecule has 1 unspecified atom stereocenters. The zero-order valence-electron chi connectivity index (χ0n) is 13.9. The molecular formula is C19H26N2O2. The monoisotopic (exact) mass is 314 g/mol. The Morgan fingerprint density at radius 2 is 1.70 bits per heavy atom. The standard InChI is InChI=1S/C19H26N2O2/c1-3-4-5-9-18(22-16-12-10-15(20)11-13-16)23-17-8-6-7-14(2)19(17)21/h6-8,10-13,18H,3-5,9,20-21H2,1-2H3. The summed E-state index contributed by atoms with van der Waals surface area (Å²) in [6.45, 7) is 4.14. The summed E-state index contributed by atoms with van der Waals surface area (Å²) in [6, 6.07) is 13.1. The summed E-state index contributed by atoms with van der Waals surface area (Å²) in [5.41, 5.74) is 14.2. The zero-order valence-corrected chi connectivity index (χ0v) is 13.9. The minimum Gasteiger partial charge on any atom is -0.455 e. The molecule has 4 nitrogen and oxygen atoms in total. The molecule has 0 amide bonds. The lowest BCUT2D eigenvalue weighted by atomic mass is 10.2. The molecule has 0 saturated heterocycles. The van der Waals surface area contributed by atoms with E-state index in [1.54, 1.807) is 0 Å². The average molecular weight is 314 g/mol. The molecule has 0 aliphatic carbocycles. The first kappa shape index (κ1) is 17.0. The van der Waals surface area contributed by atoms with Gasteiger partial charge in [-0.3, -0.25) is 0 Å². The SMILES string of the molecule is CCCCCC(Oc1ccc(N)cc1)Oc1cccc(C)c1N. The molecular weight excluding hydrogens is 288 g/mol. The van der Waals surface area contributed by atoms with E-state index in [0.717, 1.165) is 37.0 Å². The fourth-order valence-electron chi connectivity index (χ4n) is 2.30. The molecule has 0 fully saturated rings. The number of anilines is 2. The summed E-state index contributed by atoms with van der Waals surface area (Å²) >= 11 is 0. The molecule has 0 radical (unpaired) electrons. The zero-order chi connectivity index (χ0) is 16.7. The van der Waals surface area contributed by atoms with Gasteiger partial charge >= 0.3 is 0 Å². The Morgan fingerprint density at radius 3 is 2.39 bits per heavy atom. The van der Waals surface area contributed by atoms with E-state index in [9.17, 15) is 0 Å². The van der Waals surface area contributed by atoms with Crippen LogP contribution >= 0.6 is 0 Å². The van der Waals surface area contributed by atoms with Crippen LogP contribution in [0.1, 0.15) is 38.2 Å². The highest BCUT2D eigenvalue weighted by Gasteiger charge is 2.14. The molecule has 0 spiro atoms. The van der Waals surface area contributed by atoms with Crippen molar-refractivity contribution in [3.63, 3.8) is 0 Å². The van der Waals surface area contributed by atoms with Gasteiger partial charge in [-0.1, -0.05) is 31.9 Å². The average Bonchev–Trinajstić information content (AvgIpc) is 2.54. The van der Waals surface area contributed by atoms with Crippen LogP contribution in [0.15, 0.2) is 42.5 Å². The molecule has 2 rings (SSSR count). The Labute approximate surface area is 138 Å². The second kappa shape index (κ2) is 8.32. The molecule has 4 heteroatoms. The highest BCUT2D eigenvalue weighted by Crippen LogP contribution is 2.27. The molecule has 2 aromatic rings. The second-order valence-electron chi connectivity index (χ2n) is 5.72. The first-order valence-electron chi connectivity index (χ1n) is 8.14. The molecule has 0 aliphatic heterocycles. The summed E-state index contributed by atoms with van der Waals surface area (Å²) in [4.78, 5) is 0. The van der Waals surface area contributed by atoms with Crippen LogP contribution in [0.2, 0.25) is 0 Å². The maximum Gasteiger partial charge on any atom is 0.241 e. The number of nitrogens with two attached hydrogens (primary N) is 2. The number of ether oxygens (including phenoxy) is 2. The number of nitrogen functional groups attached to an aromatic ring is 2. The molecule has 2 aromatic carbocycles. The second-order valence-corrected chi connectivity index (χ2v) is 5.72. The summed E-state index contributed by atoms with van der Waals surface area (Å²) in [5.74, 6) is 1.41. The van der Waals surface area contributed by atoms with E-state index in [4.69, 9.17) is 20.9 Å². The molecule has 124 valence electrons. The van der Waals surface area contributed by atoms with Crippen LogP contribution in [0.4, 0.5) is 11.4 Å². The number of hydrogen-bond donors (Lipinski definition) is 2. The van der Waals surface area contributed by atoms with Crippen molar-refractivity contribution in [1.29, 1.82) is 0 Å². The predicted molar refractivity (Wildman–Crippen MR) is 95.6 cm³/mol. The molecule has 1 atom stereocenters. The van der Waals surface area contributed by atoms with Gasteiger partial charge in [0, 0.05) is 12.1 Å². The maximum atomic E-state index is 6.10. The van der Waals surface area contributed by atoms with E-state index in [2.05, 4.69) is 6.92 Å². The molecule has 0 heterocycles. The summed E-state index contributed by atoms with van der Waals surface area (Å²) in [5, 5.41) is 0. The van der Waals surface area contributed by atoms with E-state index >= 15 is 0 Å². The number of para-hydroxylation sites is 1. The summed E-state index contributed by atoms with van der Waals surface area (Å²) < 4.78 is 12.0. The molecule has 0 bridgehead atoms. The van der Waals surface area contributed by atoms with Crippen molar-refractivity contribution in [2.45, 2.75) is 45.8 Å². The number of hydrogen-bond acceptors (Lipinski definition) is 4. The third-order valence-electron chi connectivity index (χ3n) is 3.73. The van der Waals surface area contributed by atoms with Crippen LogP contribution in [-0.4, -0.2) is 6.29 Å². The number of unbranched alkanes of at least 4 members (excludes halogenated alkanes) is 2. The summed E-state index contributed by atoms with van der Waals surface area (Å²) in [7, 11) is 0. The number of benzene rings is 2. The summed E-state index contributed by atoms with van der Waals surface area (Å²) in [6.07, 6.45) is 3.79. The lowest BCUT2D eigenvalue weighted by molar-refractivity contribution is -0.00182. The van der Waals surface area contributed by atoms with Crippen molar-refractivity contribution < 1.29 is 9.47 Å². The van der Waals surface area contributed by atoms with Gasteiger partial charge in [-0.2, -0.15) is 0 Å². The van der Waals surface area contributed by atoms with Gasteiger partial charge in [0.1, 0.15) is 11.5 Å². The van der Waals surface area contributed by atoms with Gasteiger partial charge in [-0.15, -0.1) is 0 Å². The van der Waals surface area contributed by atoms with Gasteiger partial charge in [0.05, 0.1) is 5.69 Å². The highest BCUT2D eigenvalue weighted by atomic mass is 16.7. The van der Waals surface area contributed by atoms with Crippen LogP contribution in [-0.2, 0) is 0 Å². The quantitative estimate of drug-likeness (QED) is 0.427. The van der Waals surface area contributed by atoms with E-state index in [-0.39, 0.29) is 6.29 Å². The Hall–Kier alpha value is -2.36. The molecule has 0 aromatic heterocycles. The van der Waals surface area contributed by atoms with Gasteiger partial charge < -0.3 is 20.9 Å². The first-order chi connectivity index (χ1) is 11.1. The van der Waals surface area contributed by atoms with E-state index < -0.39 is 0 Å². The van der Waals surface area contributed by atoms with Crippen molar-refractivity contribution >= 4 is 11.4 Å². The third kappa shape index (κ3) is 5.09. The molecule has 23 heavy (non-hydrogen) atoms. The van der Waals surface area contributed by atoms with Crippen molar-refractivity contribution in [2.75, 3.05) is 11.5 Å². The van der Waals surface area contributed by atoms with Crippen molar-refractivity contribution in [3.8, 4) is 11.5 Å². The van der Waals surface area contributed by atoms with Crippen LogP contribution in [0.25, 0.3) is 0 Å². The number of rotatable bonds is 8. The maximum absolute atomic E-state index is 6.10. The van der Waals surface area contributed by atoms with Gasteiger partial charge in [-0.25, -0.2) is 0 Å². The van der Waals surface area contributed by atoms with Gasteiger partial charge in [0.25, 0.3) is 0 Å². The molecule has 4 N–H and O–H groups in total. The minimum atomic E-state index is -0.366. The van der Waals surface area contributed by atoms with Crippen LogP contribution < -0.4 is 20.9 Å². The van der Waals surface area contributed by atoms with Crippen LogP contribution in [0, 0.1) is 6.92 Å². The smallest absolute Gasteiger partial charge is 0.241 e. The van der Waals surface area contributed by atoms with Crippen molar-refractivity contribution in [2.24, 2.45) is 0 Å². The predicted octanol–water partition coefficient (Wildman–Crippen LogP) is 4.52. The van der Waals surface area contributed by atoms with E-state index in [1.807, 2.05) is 49.4 Å². The Morgan fingerprint density at radius 1 is 0.957 bits per heavy atom. The van der Waals surface area contributed by atoms with E-state index in [1.165, 1.54) is 0 Å². The first-order valence-corrected chi connectivity index (χ1v) is 8.14. The van der Waals surface area contributed by atoms with Crippen LogP contribution in [0.5, 0.6) is 11.5 Å². The molecule has 0 aliphatic rings. The van der Waals surface area contributed by atoms with E-state index in [0.29, 0.717) is 17.1 Å². The fourth-order valence-corrected chi connectivity index (χ4v) is 2.30. The topological polar surface area (TPSA) is 70.5 Å². The third-order valence-corrected chi connectivity index (χ3v) is 3.73. The largest absolute Gasteiger partial charge is 0.455 e. The Bertz CT molecular complexity index is 611. The number of aryl methyl sites for hydroxylation is 1. The normalized spacial score (nSPS) is 11.9. The van der Waals surface area contributed by atoms with Gasteiger partial charge in [-0.05, 0) is 49.2 Å². The van der Waals surface area contributed by atoms with Crippen molar-refractivity contribution in [1.82, 2.24) is 0 Å². The lowest BCUT2D eigenvalue weighted by Crippen LogP contribution is -2.24. The Balaban J connectivity index is 2.09.